The maximum atomic E-state index is 11.7. The van der Waals surface area contributed by atoms with Gasteiger partial charge in [-0.3, -0.25) is 4.79 Å². The Balaban J connectivity index is 2.85. The normalized spacial score (nSPS) is 13.0. The van der Waals surface area contributed by atoms with Crippen LogP contribution in [-0.4, -0.2) is 51.4 Å². The molecule has 9 heteroatoms. The number of carbonyl (C=O) groups is 4. The smallest absolute Gasteiger partial charge is 0.349 e. The molecule has 128 valence electrons. The van der Waals surface area contributed by atoms with Gasteiger partial charge in [0.2, 0.25) is 12.2 Å². The van der Waals surface area contributed by atoms with Gasteiger partial charge in [0.1, 0.15) is 5.75 Å². The second-order valence-electron chi connectivity index (χ2n) is 4.49. The molecule has 0 radical (unpaired) electrons. The van der Waals surface area contributed by atoms with E-state index in [1.165, 1.54) is 30.3 Å². The summed E-state index contributed by atoms with van der Waals surface area (Å²) in [6, 6.07) is 5.69. The number of carbonyl (C=O) groups excluding carboxylic acids is 2. The van der Waals surface area contributed by atoms with Gasteiger partial charge in [0.05, 0.1) is 0 Å². The van der Waals surface area contributed by atoms with Crippen LogP contribution in [-0.2, 0) is 28.7 Å². The number of aliphatic carboxylic acids is 2. The van der Waals surface area contributed by atoms with Gasteiger partial charge in [-0.1, -0.05) is 12.1 Å². The molecule has 0 aliphatic heterocycles. The van der Waals surface area contributed by atoms with Gasteiger partial charge in [0, 0.05) is 13.0 Å². The summed E-state index contributed by atoms with van der Waals surface area (Å²) in [4.78, 5) is 44.6. The summed E-state index contributed by atoms with van der Waals surface area (Å²) in [5.41, 5.74) is 0.506. The summed E-state index contributed by atoms with van der Waals surface area (Å²) < 4.78 is 8.91. The van der Waals surface area contributed by atoms with Gasteiger partial charge in [-0.05, 0) is 23.8 Å². The van der Waals surface area contributed by atoms with E-state index in [0.29, 0.717) is 5.56 Å². The van der Waals surface area contributed by atoms with Crippen LogP contribution in [0.5, 0.6) is 5.75 Å². The number of carboxylic acid groups (broad SMARTS) is 2. The molecule has 9 nitrogen and oxygen atoms in total. The summed E-state index contributed by atoms with van der Waals surface area (Å²) in [6.07, 6.45) is -2.24. The standard InChI is InChI=1S/C15H14O9/c1-8(16)23-12(14(19)20)13(15(21)22)24-11(18)7-4-9-2-5-10(17)6-3-9/h2-7,12-13,17H,1H3,(H,19,20)(H,21,22)/b7-4+/t12-,13+/m1/s1. The molecular formula is C15H14O9. The molecule has 0 fully saturated rings. The first-order valence-electron chi connectivity index (χ1n) is 6.51. The predicted octanol–water partition coefficient (Wildman–Crippen LogP) is 0.418. The van der Waals surface area contributed by atoms with Crippen molar-refractivity contribution in [2.45, 2.75) is 19.1 Å². The number of ether oxygens (including phenoxy) is 2. The molecule has 1 aromatic rings. The number of hydrogen-bond acceptors (Lipinski definition) is 7. The van der Waals surface area contributed by atoms with E-state index in [0.717, 1.165) is 13.0 Å². The van der Waals surface area contributed by atoms with Crippen LogP contribution in [0.2, 0.25) is 0 Å². The molecule has 0 heterocycles. The van der Waals surface area contributed by atoms with Crippen molar-refractivity contribution in [1.29, 1.82) is 0 Å². The number of aromatic hydroxyl groups is 1. The fourth-order valence-corrected chi connectivity index (χ4v) is 1.58. The molecule has 3 N–H and O–H groups in total. The lowest BCUT2D eigenvalue weighted by atomic mass is 10.2. The molecule has 0 saturated carbocycles. The molecule has 2 atom stereocenters. The Kier molecular flexibility index (Phi) is 6.48. The molecule has 24 heavy (non-hydrogen) atoms. The first-order chi connectivity index (χ1) is 11.2. The first-order valence-corrected chi connectivity index (χ1v) is 6.51. The van der Waals surface area contributed by atoms with Crippen molar-refractivity contribution < 1.29 is 44.0 Å². The van der Waals surface area contributed by atoms with Crippen molar-refractivity contribution in [3.05, 3.63) is 35.9 Å². The van der Waals surface area contributed by atoms with E-state index in [1.54, 1.807) is 0 Å². The van der Waals surface area contributed by atoms with Gasteiger partial charge < -0.3 is 24.8 Å². The summed E-state index contributed by atoms with van der Waals surface area (Å²) >= 11 is 0. The minimum absolute atomic E-state index is 0.0198. The number of benzene rings is 1. The third-order valence-corrected chi connectivity index (χ3v) is 2.60. The van der Waals surface area contributed by atoms with Crippen LogP contribution in [0, 0.1) is 0 Å². The third kappa shape index (κ3) is 5.79. The Labute approximate surface area is 135 Å². The molecular weight excluding hydrogens is 324 g/mol. The number of hydrogen-bond donors (Lipinski definition) is 3. The lowest BCUT2D eigenvalue weighted by Gasteiger charge is -2.19. The SMILES string of the molecule is CC(=O)O[C@@H](C(=O)O)[C@H](OC(=O)/C=C/c1ccc(O)cc1)C(=O)O. The second kappa shape index (κ2) is 8.32. The van der Waals surface area contributed by atoms with Crippen molar-refractivity contribution >= 4 is 30.0 Å². The summed E-state index contributed by atoms with van der Waals surface area (Å²) in [5, 5.41) is 27.0. The first kappa shape index (κ1) is 18.7. The van der Waals surface area contributed by atoms with E-state index < -0.39 is 36.1 Å². The Bertz CT molecular complexity index is 660. The van der Waals surface area contributed by atoms with Crippen molar-refractivity contribution in [1.82, 2.24) is 0 Å². The summed E-state index contributed by atoms with van der Waals surface area (Å²) in [6.45, 7) is 0.890. The molecule has 0 unspecified atom stereocenters. The Morgan fingerprint density at radius 1 is 0.958 bits per heavy atom. The summed E-state index contributed by atoms with van der Waals surface area (Å²) in [5.74, 6) is -5.72. The molecule has 0 aliphatic carbocycles. The van der Waals surface area contributed by atoms with Crippen molar-refractivity contribution in [2.75, 3.05) is 0 Å². The Morgan fingerprint density at radius 2 is 1.46 bits per heavy atom. The molecule has 0 aromatic heterocycles. The van der Waals surface area contributed by atoms with Crippen LogP contribution < -0.4 is 0 Å². The van der Waals surface area contributed by atoms with Crippen LogP contribution in [0.1, 0.15) is 12.5 Å². The van der Waals surface area contributed by atoms with Crippen molar-refractivity contribution in [3.8, 4) is 5.75 Å². The van der Waals surface area contributed by atoms with Gasteiger partial charge in [-0.15, -0.1) is 0 Å². The van der Waals surface area contributed by atoms with E-state index in [2.05, 4.69) is 9.47 Å². The fraction of sp³-hybridized carbons (Fsp3) is 0.200. The van der Waals surface area contributed by atoms with E-state index >= 15 is 0 Å². The van der Waals surface area contributed by atoms with Crippen LogP contribution in [0.15, 0.2) is 30.3 Å². The highest BCUT2D eigenvalue weighted by Gasteiger charge is 2.39. The number of phenols is 1. The molecule has 0 bridgehead atoms. The zero-order chi connectivity index (χ0) is 18.3. The molecule has 0 aliphatic rings. The Hall–Kier alpha value is -3.36. The lowest BCUT2D eigenvalue weighted by Crippen LogP contribution is -2.45. The fourth-order valence-electron chi connectivity index (χ4n) is 1.58. The van der Waals surface area contributed by atoms with E-state index in [-0.39, 0.29) is 5.75 Å². The number of phenolic OH excluding ortho intramolecular Hbond substituents is 1. The molecule has 0 saturated heterocycles. The lowest BCUT2D eigenvalue weighted by molar-refractivity contribution is -0.184. The number of carboxylic acids is 2. The Morgan fingerprint density at radius 3 is 1.92 bits per heavy atom. The van der Waals surface area contributed by atoms with Crippen molar-refractivity contribution in [3.63, 3.8) is 0 Å². The van der Waals surface area contributed by atoms with Gasteiger partial charge in [0.15, 0.2) is 0 Å². The highest BCUT2D eigenvalue weighted by molar-refractivity contribution is 5.91. The van der Waals surface area contributed by atoms with Crippen LogP contribution in [0.3, 0.4) is 0 Å². The summed E-state index contributed by atoms with van der Waals surface area (Å²) in [7, 11) is 0. The van der Waals surface area contributed by atoms with Gasteiger partial charge in [-0.2, -0.15) is 0 Å². The zero-order valence-corrected chi connectivity index (χ0v) is 12.4. The molecule has 0 spiro atoms. The average Bonchev–Trinajstić information content (AvgIpc) is 2.49. The van der Waals surface area contributed by atoms with E-state index in [4.69, 9.17) is 15.3 Å². The quantitative estimate of drug-likeness (QED) is 0.475. The van der Waals surface area contributed by atoms with Gasteiger partial charge >= 0.3 is 23.9 Å². The monoisotopic (exact) mass is 338 g/mol. The largest absolute Gasteiger partial charge is 0.508 e. The van der Waals surface area contributed by atoms with Crippen LogP contribution >= 0.6 is 0 Å². The average molecular weight is 338 g/mol. The van der Waals surface area contributed by atoms with E-state index in [1.807, 2.05) is 0 Å². The highest BCUT2D eigenvalue weighted by Crippen LogP contribution is 2.12. The van der Waals surface area contributed by atoms with E-state index in [9.17, 15) is 19.2 Å². The van der Waals surface area contributed by atoms with Gasteiger partial charge in [0.25, 0.3) is 0 Å². The third-order valence-electron chi connectivity index (χ3n) is 2.60. The zero-order valence-electron chi connectivity index (χ0n) is 12.4. The maximum Gasteiger partial charge on any atom is 0.349 e. The number of esters is 2. The predicted molar refractivity (Wildman–Crippen MR) is 77.8 cm³/mol. The molecule has 1 aromatic carbocycles. The second-order valence-corrected chi connectivity index (χ2v) is 4.49. The highest BCUT2D eigenvalue weighted by atomic mass is 16.6. The topological polar surface area (TPSA) is 147 Å². The minimum atomic E-state index is -2.21. The molecule has 0 amide bonds. The van der Waals surface area contributed by atoms with Crippen LogP contribution in [0.25, 0.3) is 6.08 Å². The van der Waals surface area contributed by atoms with Crippen molar-refractivity contribution in [2.24, 2.45) is 0 Å². The molecule has 1 rings (SSSR count). The minimum Gasteiger partial charge on any atom is -0.508 e. The van der Waals surface area contributed by atoms with Gasteiger partial charge in [-0.25, -0.2) is 14.4 Å². The van der Waals surface area contributed by atoms with Crippen LogP contribution in [0.4, 0.5) is 0 Å². The number of rotatable bonds is 7. The maximum absolute atomic E-state index is 11.7.